The molecule has 0 bridgehead atoms. The predicted octanol–water partition coefficient (Wildman–Crippen LogP) is 2.98. The minimum Gasteiger partial charge on any atom is -0.459 e. The van der Waals surface area contributed by atoms with E-state index in [1.807, 2.05) is 0 Å². The van der Waals surface area contributed by atoms with Crippen molar-refractivity contribution >= 4 is 9.17 Å². The highest BCUT2D eigenvalue weighted by Gasteiger charge is 2.17. The van der Waals surface area contributed by atoms with Gasteiger partial charge in [-0.15, -0.1) is 0 Å². The smallest absolute Gasteiger partial charge is 0.459 e. The second kappa shape index (κ2) is 5.66. The van der Waals surface area contributed by atoms with Gasteiger partial charge in [0, 0.05) is 6.07 Å². The summed E-state index contributed by atoms with van der Waals surface area (Å²) in [5.74, 6) is -2.50. The highest BCUT2D eigenvalue weighted by Crippen LogP contribution is 2.18. The molecule has 19 heavy (non-hydrogen) atoms. The number of hydrogen-bond acceptors (Lipinski definition) is 3. The van der Waals surface area contributed by atoms with Gasteiger partial charge in [0.2, 0.25) is 0 Å². The fraction of sp³-hybridized carbons (Fsp3) is 0. The van der Waals surface area contributed by atoms with Gasteiger partial charge in [0.25, 0.3) is 0 Å². The number of rotatable bonds is 4. The normalized spacial score (nSPS) is 10.1. The predicted molar refractivity (Wildman–Crippen MR) is 60.5 cm³/mol. The zero-order valence-electron chi connectivity index (χ0n) is 9.40. The van der Waals surface area contributed by atoms with E-state index < -0.39 is 26.6 Å². The molecule has 0 unspecified atom stereocenters. The van der Waals surface area contributed by atoms with E-state index in [9.17, 15) is 17.6 Å². The molecule has 7 heteroatoms. The lowest BCUT2D eigenvalue weighted by molar-refractivity contribution is 0.337. The summed E-state index contributed by atoms with van der Waals surface area (Å²) in [5, 5.41) is 0. The molecule has 98 valence electrons. The molecular formula is C12H7F3O3Si. The first-order valence-electron chi connectivity index (χ1n) is 5.15. The zero-order valence-corrected chi connectivity index (χ0v) is 10.4. The average Bonchev–Trinajstić information content (AvgIpc) is 2.36. The van der Waals surface area contributed by atoms with Crippen molar-refractivity contribution in [2.24, 2.45) is 0 Å². The van der Waals surface area contributed by atoms with Crippen LogP contribution in [0.1, 0.15) is 0 Å². The number of halogens is 3. The molecule has 0 saturated carbocycles. The third-order valence-corrected chi connectivity index (χ3v) is 2.89. The van der Waals surface area contributed by atoms with E-state index >= 15 is 0 Å². The summed E-state index contributed by atoms with van der Waals surface area (Å²) in [5.41, 5.74) is 0. The zero-order chi connectivity index (χ0) is 13.8. The lowest BCUT2D eigenvalue weighted by Gasteiger charge is -2.05. The monoisotopic (exact) mass is 284 g/mol. The van der Waals surface area contributed by atoms with Crippen LogP contribution in [0.5, 0.6) is 11.5 Å². The first kappa shape index (κ1) is 13.3. The van der Waals surface area contributed by atoms with Crippen LogP contribution in [0, 0.1) is 17.5 Å². The molecule has 0 heterocycles. The molecule has 0 fully saturated rings. The topological polar surface area (TPSA) is 35.5 Å². The van der Waals surface area contributed by atoms with E-state index in [4.69, 9.17) is 8.85 Å². The molecule has 0 aliphatic heterocycles. The third kappa shape index (κ3) is 3.65. The van der Waals surface area contributed by atoms with Crippen LogP contribution >= 0.6 is 0 Å². The van der Waals surface area contributed by atoms with Gasteiger partial charge in [0.05, 0.1) is 0 Å². The van der Waals surface area contributed by atoms with Gasteiger partial charge in [-0.2, -0.15) is 0 Å². The van der Waals surface area contributed by atoms with Crippen molar-refractivity contribution in [2.45, 2.75) is 0 Å². The second-order valence-corrected chi connectivity index (χ2v) is 4.39. The van der Waals surface area contributed by atoms with Crippen LogP contribution in [-0.4, -0.2) is 9.17 Å². The Hall–Kier alpha value is -2.15. The van der Waals surface area contributed by atoms with Gasteiger partial charge in [-0.25, -0.2) is 13.2 Å². The molecule has 0 saturated heterocycles. The number of benzene rings is 2. The molecule has 3 nitrogen and oxygen atoms in total. The van der Waals surface area contributed by atoms with Crippen molar-refractivity contribution in [3.63, 3.8) is 0 Å². The van der Waals surface area contributed by atoms with Crippen molar-refractivity contribution in [2.75, 3.05) is 0 Å². The average molecular weight is 284 g/mol. The van der Waals surface area contributed by atoms with Crippen molar-refractivity contribution in [1.29, 1.82) is 0 Å². The highest BCUT2D eigenvalue weighted by molar-refractivity contribution is 6.28. The van der Waals surface area contributed by atoms with Gasteiger partial charge in [0.1, 0.15) is 17.4 Å². The third-order valence-electron chi connectivity index (χ3n) is 2.10. The van der Waals surface area contributed by atoms with Crippen LogP contribution < -0.4 is 8.85 Å². The molecule has 2 aromatic rings. The van der Waals surface area contributed by atoms with E-state index in [2.05, 4.69) is 0 Å². The van der Waals surface area contributed by atoms with E-state index in [1.165, 1.54) is 12.1 Å². The standard InChI is InChI=1S/C12H7F3O3Si/c13-8-1-4-10(5-2-8)17-19(16)18-12-6-3-9(14)7-11(12)15/h1-7H. The van der Waals surface area contributed by atoms with Crippen LogP contribution in [0.3, 0.4) is 0 Å². The van der Waals surface area contributed by atoms with Crippen LogP contribution in [0.15, 0.2) is 42.5 Å². The molecule has 0 N–H and O–H groups in total. The summed E-state index contributed by atoms with van der Waals surface area (Å²) >= 11 is 0. The van der Waals surface area contributed by atoms with E-state index in [0.717, 1.165) is 24.3 Å². The Kier molecular flexibility index (Phi) is 3.96. The quantitative estimate of drug-likeness (QED) is 0.810. The summed E-state index contributed by atoms with van der Waals surface area (Å²) < 4.78 is 59.5. The molecule has 0 radical (unpaired) electrons. The Balaban J connectivity index is 2.03. The lowest BCUT2D eigenvalue weighted by atomic mass is 10.3. The molecule has 2 rings (SSSR count). The molecule has 0 atom stereocenters. The van der Waals surface area contributed by atoms with E-state index in [1.54, 1.807) is 0 Å². The second-order valence-electron chi connectivity index (χ2n) is 3.48. The summed E-state index contributed by atoms with van der Waals surface area (Å²) in [7, 11) is -3.08. The number of hydrogen-bond donors (Lipinski definition) is 0. The van der Waals surface area contributed by atoms with Crippen LogP contribution in [0.2, 0.25) is 0 Å². The fourth-order valence-electron chi connectivity index (χ4n) is 1.27. The fourth-order valence-corrected chi connectivity index (χ4v) is 1.98. The molecule has 0 aromatic heterocycles. The minimum absolute atomic E-state index is 0.118. The first-order chi connectivity index (χ1) is 9.04. The molecule has 0 aliphatic carbocycles. The van der Waals surface area contributed by atoms with Crippen molar-refractivity contribution in [1.82, 2.24) is 0 Å². The van der Waals surface area contributed by atoms with Gasteiger partial charge in [-0.3, -0.25) is 4.46 Å². The molecule has 0 spiro atoms. The minimum atomic E-state index is -3.08. The highest BCUT2D eigenvalue weighted by atomic mass is 28.3. The van der Waals surface area contributed by atoms with Crippen molar-refractivity contribution in [3.8, 4) is 11.5 Å². The van der Waals surface area contributed by atoms with E-state index in [0.29, 0.717) is 6.07 Å². The maximum atomic E-state index is 13.2. The first-order valence-corrected chi connectivity index (χ1v) is 6.37. The SMILES string of the molecule is O=[Si](Oc1ccc(F)cc1)Oc1ccc(F)cc1F. The van der Waals surface area contributed by atoms with Gasteiger partial charge in [0.15, 0.2) is 11.6 Å². The van der Waals surface area contributed by atoms with Crippen molar-refractivity contribution in [3.05, 3.63) is 59.9 Å². The summed E-state index contributed by atoms with van der Waals surface area (Å²) in [6.07, 6.45) is 0. The molecule has 0 aliphatic rings. The molecule has 0 amide bonds. The summed E-state index contributed by atoms with van der Waals surface area (Å²) in [6.45, 7) is 0. The van der Waals surface area contributed by atoms with Crippen LogP contribution in [0.25, 0.3) is 0 Å². The Morgan fingerprint density at radius 2 is 1.47 bits per heavy atom. The Bertz CT molecular complexity index is 602. The molecular weight excluding hydrogens is 277 g/mol. The maximum absolute atomic E-state index is 13.2. The van der Waals surface area contributed by atoms with Crippen LogP contribution in [0.4, 0.5) is 13.2 Å². The van der Waals surface area contributed by atoms with E-state index in [-0.39, 0.29) is 11.5 Å². The lowest BCUT2D eigenvalue weighted by Crippen LogP contribution is -2.19. The molecule has 2 aromatic carbocycles. The van der Waals surface area contributed by atoms with Gasteiger partial charge >= 0.3 is 9.17 Å². The van der Waals surface area contributed by atoms with Gasteiger partial charge in [-0.1, -0.05) is 0 Å². The van der Waals surface area contributed by atoms with Crippen molar-refractivity contribution < 1.29 is 26.5 Å². The Morgan fingerprint density at radius 3 is 2.11 bits per heavy atom. The Labute approximate surface area is 108 Å². The largest absolute Gasteiger partial charge is 0.778 e. The maximum Gasteiger partial charge on any atom is 0.778 e. The Morgan fingerprint density at radius 1 is 0.842 bits per heavy atom. The summed E-state index contributed by atoms with van der Waals surface area (Å²) in [6, 6.07) is 7.30. The van der Waals surface area contributed by atoms with Gasteiger partial charge < -0.3 is 8.85 Å². The summed E-state index contributed by atoms with van der Waals surface area (Å²) in [4.78, 5) is 0. The van der Waals surface area contributed by atoms with Gasteiger partial charge in [-0.05, 0) is 36.4 Å². The van der Waals surface area contributed by atoms with Crippen LogP contribution in [-0.2, 0) is 4.46 Å².